The third-order valence-corrected chi connectivity index (χ3v) is 4.98. The van der Waals surface area contributed by atoms with E-state index in [4.69, 9.17) is 0 Å². The average Bonchev–Trinajstić information content (AvgIpc) is 2.83. The number of aromatic amines is 1. The highest BCUT2D eigenvalue weighted by Crippen LogP contribution is 2.61. The van der Waals surface area contributed by atoms with Crippen LogP contribution in [0.4, 0.5) is 0 Å². The van der Waals surface area contributed by atoms with Gasteiger partial charge in [-0.05, 0) is 48.4 Å². The van der Waals surface area contributed by atoms with Crippen LogP contribution < -0.4 is 5.32 Å². The number of benzene rings is 1. The molecule has 102 valence electrons. The molecule has 2 aromatic rings. The number of rotatable bonds is 3. The van der Waals surface area contributed by atoms with E-state index in [2.05, 4.69) is 34.6 Å². The molecule has 4 rings (SSSR count). The van der Waals surface area contributed by atoms with E-state index >= 15 is 0 Å². The van der Waals surface area contributed by atoms with Crippen molar-refractivity contribution >= 4 is 5.91 Å². The normalized spacial score (nSPS) is 26.5. The van der Waals surface area contributed by atoms with Crippen LogP contribution in [0.25, 0.3) is 0 Å². The van der Waals surface area contributed by atoms with Crippen molar-refractivity contribution in [2.45, 2.75) is 24.7 Å². The van der Waals surface area contributed by atoms with E-state index < -0.39 is 0 Å². The molecular weight excluding hydrogens is 248 g/mol. The molecule has 0 bridgehead atoms. The van der Waals surface area contributed by atoms with Crippen LogP contribution in [0.15, 0.2) is 42.6 Å². The van der Waals surface area contributed by atoms with Crippen LogP contribution >= 0.6 is 0 Å². The van der Waals surface area contributed by atoms with Crippen molar-refractivity contribution in [1.29, 1.82) is 0 Å². The Bertz CT molecular complexity index is 647. The maximum Gasteiger partial charge on any atom is 0.267 e. The number of fused-ring (bicyclic) bond motifs is 2. The van der Waals surface area contributed by atoms with Crippen LogP contribution in [0.2, 0.25) is 0 Å². The zero-order valence-electron chi connectivity index (χ0n) is 11.4. The molecule has 1 saturated carbocycles. The smallest absolute Gasteiger partial charge is 0.267 e. The fraction of sp³-hybridized carbons (Fsp3) is 0.353. The van der Waals surface area contributed by atoms with Gasteiger partial charge in [0.25, 0.3) is 5.91 Å². The number of hydrogen-bond acceptors (Lipinski definition) is 1. The molecule has 1 aromatic carbocycles. The topological polar surface area (TPSA) is 44.9 Å². The minimum absolute atomic E-state index is 0.00309. The van der Waals surface area contributed by atoms with Crippen LogP contribution in [0, 0.1) is 5.92 Å². The van der Waals surface area contributed by atoms with E-state index in [-0.39, 0.29) is 5.91 Å². The third kappa shape index (κ3) is 1.69. The summed E-state index contributed by atoms with van der Waals surface area (Å²) >= 11 is 0. The minimum Gasteiger partial charge on any atom is -0.357 e. The molecule has 1 heterocycles. The molecular formula is C17H18N2O. The second-order valence-electron chi connectivity index (χ2n) is 6.01. The molecule has 1 amide bonds. The van der Waals surface area contributed by atoms with Gasteiger partial charge in [0.1, 0.15) is 5.69 Å². The van der Waals surface area contributed by atoms with Crippen LogP contribution in [0.5, 0.6) is 0 Å². The van der Waals surface area contributed by atoms with Gasteiger partial charge in [-0.1, -0.05) is 24.3 Å². The summed E-state index contributed by atoms with van der Waals surface area (Å²) in [5, 5.41) is 3.06. The van der Waals surface area contributed by atoms with Gasteiger partial charge in [-0.25, -0.2) is 0 Å². The van der Waals surface area contributed by atoms with E-state index in [1.165, 1.54) is 30.4 Å². The zero-order chi connectivity index (χ0) is 13.6. The maximum absolute atomic E-state index is 11.9. The summed E-state index contributed by atoms with van der Waals surface area (Å²) in [6.07, 6.45) is 5.43. The molecule has 2 N–H and O–H groups in total. The lowest BCUT2D eigenvalue weighted by atomic mass is 9.95. The Balaban J connectivity index is 1.43. The molecule has 1 fully saturated rings. The summed E-state index contributed by atoms with van der Waals surface area (Å²) in [5.74, 6) is 0.605. The van der Waals surface area contributed by atoms with E-state index in [0.717, 1.165) is 6.54 Å². The lowest BCUT2D eigenvalue weighted by Crippen LogP contribution is -2.27. The summed E-state index contributed by atoms with van der Waals surface area (Å²) in [7, 11) is 0. The highest BCUT2D eigenvalue weighted by molar-refractivity contribution is 5.92. The summed E-state index contributed by atoms with van der Waals surface area (Å²) in [6, 6.07) is 12.4. The van der Waals surface area contributed by atoms with Crippen molar-refractivity contribution in [3.05, 3.63) is 59.4 Å². The van der Waals surface area contributed by atoms with Gasteiger partial charge in [0, 0.05) is 18.2 Å². The summed E-state index contributed by atoms with van der Waals surface area (Å²) in [4.78, 5) is 14.9. The summed E-state index contributed by atoms with van der Waals surface area (Å²) in [5.41, 5.74) is 4.04. The monoisotopic (exact) mass is 266 g/mol. The Morgan fingerprint density at radius 1 is 1.30 bits per heavy atom. The van der Waals surface area contributed by atoms with Crippen LogP contribution in [-0.2, 0) is 11.8 Å². The van der Waals surface area contributed by atoms with Crippen LogP contribution in [-0.4, -0.2) is 17.4 Å². The van der Waals surface area contributed by atoms with E-state index in [1.54, 1.807) is 6.20 Å². The number of hydrogen-bond donors (Lipinski definition) is 2. The van der Waals surface area contributed by atoms with Crippen molar-refractivity contribution in [2.24, 2.45) is 5.92 Å². The molecule has 0 aliphatic heterocycles. The number of carbonyl (C=O) groups is 1. The van der Waals surface area contributed by atoms with Gasteiger partial charge < -0.3 is 10.3 Å². The second-order valence-corrected chi connectivity index (χ2v) is 6.01. The van der Waals surface area contributed by atoms with Gasteiger partial charge in [-0.15, -0.1) is 0 Å². The highest BCUT2D eigenvalue weighted by Gasteiger charge is 2.57. The Hall–Kier alpha value is -2.03. The molecule has 2 aliphatic carbocycles. The fourth-order valence-electron chi connectivity index (χ4n) is 3.78. The first kappa shape index (κ1) is 11.8. The largest absolute Gasteiger partial charge is 0.357 e. The number of amides is 1. The predicted molar refractivity (Wildman–Crippen MR) is 77.7 cm³/mol. The number of H-pyrrole nitrogens is 1. The van der Waals surface area contributed by atoms with E-state index in [1.807, 2.05) is 12.1 Å². The van der Waals surface area contributed by atoms with Crippen LogP contribution in [0.1, 0.15) is 34.5 Å². The zero-order valence-corrected chi connectivity index (χ0v) is 11.4. The van der Waals surface area contributed by atoms with Crippen molar-refractivity contribution in [1.82, 2.24) is 10.3 Å². The SMILES string of the molecule is O=C(NCC1CC12CCc1ccccc12)c1ccc[nH]1. The molecule has 3 heteroatoms. The standard InChI is InChI=1S/C17H18N2O/c20-16(15-6-3-9-18-15)19-11-13-10-17(13)8-7-12-4-1-2-5-14(12)17/h1-6,9,13,18H,7-8,10-11H2,(H,19,20). The second kappa shape index (κ2) is 4.23. The van der Waals surface area contributed by atoms with Gasteiger partial charge in [0.05, 0.1) is 0 Å². The Morgan fingerprint density at radius 2 is 2.20 bits per heavy atom. The molecule has 1 spiro atoms. The quantitative estimate of drug-likeness (QED) is 0.881. The van der Waals surface area contributed by atoms with Crippen molar-refractivity contribution in [3.63, 3.8) is 0 Å². The van der Waals surface area contributed by atoms with Gasteiger partial charge >= 0.3 is 0 Å². The molecule has 0 radical (unpaired) electrons. The first-order chi connectivity index (χ1) is 9.79. The van der Waals surface area contributed by atoms with Gasteiger partial charge in [-0.2, -0.15) is 0 Å². The molecule has 2 atom stereocenters. The predicted octanol–water partition coefficient (Wildman–Crippen LogP) is 2.65. The molecule has 20 heavy (non-hydrogen) atoms. The highest BCUT2D eigenvalue weighted by atomic mass is 16.1. The average molecular weight is 266 g/mol. The lowest BCUT2D eigenvalue weighted by molar-refractivity contribution is 0.0946. The van der Waals surface area contributed by atoms with Gasteiger partial charge in [0.15, 0.2) is 0 Å². The minimum atomic E-state index is 0.00309. The van der Waals surface area contributed by atoms with Crippen molar-refractivity contribution in [3.8, 4) is 0 Å². The van der Waals surface area contributed by atoms with Crippen molar-refractivity contribution in [2.75, 3.05) is 6.54 Å². The fourth-order valence-corrected chi connectivity index (χ4v) is 3.78. The maximum atomic E-state index is 11.9. The molecule has 1 aromatic heterocycles. The number of aryl methyl sites for hydroxylation is 1. The molecule has 3 nitrogen and oxygen atoms in total. The number of aromatic nitrogens is 1. The summed E-state index contributed by atoms with van der Waals surface area (Å²) in [6.45, 7) is 0.784. The van der Waals surface area contributed by atoms with Crippen molar-refractivity contribution < 1.29 is 4.79 Å². The number of nitrogens with one attached hydrogen (secondary N) is 2. The first-order valence-electron chi connectivity index (χ1n) is 7.29. The molecule has 2 aliphatic rings. The van der Waals surface area contributed by atoms with E-state index in [0.29, 0.717) is 17.0 Å². The Morgan fingerprint density at radius 3 is 3.05 bits per heavy atom. The Labute approximate surface area is 118 Å². The molecule has 0 saturated heterocycles. The third-order valence-electron chi connectivity index (χ3n) is 4.98. The Kier molecular flexibility index (Phi) is 2.49. The number of carbonyl (C=O) groups excluding carboxylic acids is 1. The molecule has 2 unspecified atom stereocenters. The van der Waals surface area contributed by atoms with E-state index in [9.17, 15) is 4.79 Å². The first-order valence-corrected chi connectivity index (χ1v) is 7.29. The van der Waals surface area contributed by atoms with Gasteiger partial charge in [0.2, 0.25) is 0 Å². The lowest BCUT2D eigenvalue weighted by Gasteiger charge is -2.12. The van der Waals surface area contributed by atoms with Crippen LogP contribution in [0.3, 0.4) is 0 Å². The summed E-state index contributed by atoms with van der Waals surface area (Å²) < 4.78 is 0. The van der Waals surface area contributed by atoms with Gasteiger partial charge in [-0.3, -0.25) is 4.79 Å².